The summed E-state index contributed by atoms with van der Waals surface area (Å²) in [6, 6.07) is 15.8. The molecule has 2 aliphatic rings. The van der Waals surface area contributed by atoms with Crippen LogP contribution < -0.4 is 15.4 Å². The second-order valence-corrected chi connectivity index (χ2v) is 8.55. The van der Waals surface area contributed by atoms with Crippen LogP contribution in [0.1, 0.15) is 29.5 Å². The topological polar surface area (TPSA) is 89.1 Å². The highest BCUT2D eigenvalue weighted by atomic mass is 16.6. The van der Waals surface area contributed by atoms with E-state index in [9.17, 15) is 9.90 Å². The van der Waals surface area contributed by atoms with Crippen LogP contribution >= 0.6 is 0 Å². The molecule has 1 amide bonds. The largest absolute Gasteiger partial charge is 0.497 e. The van der Waals surface area contributed by atoms with Crippen molar-refractivity contribution in [3.8, 4) is 5.75 Å². The molecule has 4 rings (SSSR count). The summed E-state index contributed by atoms with van der Waals surface area (Å²) in [5.41, 5.74) is 3.47. The van der Waals surface area contributed by atoms with Crippen LogP contribution in [0.3, 0.4) is 0 Å². The van der Waals surface area contributed by atoms with Gasteiger partial charge in [0.15, 0.2) is 0 Å². The minimum absolute atomic E-state index is 0.0725. The van der Waals surface area contributed by atoms with Crippen LogP contribution in [0.15, 0.2) is 48.5 Å². The van der Waals surface area contributed by atoms with Gasteiger partial charge in [0.1, 0.15) is 18.0 Å². The first kappa shape index (κ1) is 22.7. The van der Waals surface area contributed by atoms with Gasteiger partial charge in [0, 0.05) is 26.1 Å². The van der Waals surface area contributed by atoms with Crippen LogP contribution in [0, 0.1) is 6.92 Å². The molecule has 172 valence electrons. The van der Waals surface area contributed by atoms with E-state index in [4.69, 9.17) is 14.2 Å². The summed E-state index contributed by atoms with van der Waals surface area (Å²) in [7, 11) is 1.62. The van der Waals surface area contributed by atoms with Gasteiger partial charge in [0.25, 0.3) is 0 Å². The lowest BCUT2D eigenvalue weighted by Crippen LogP contribution is -2.39. The smallest absolute Gasteiger partial charge is 0.222 e. The Morgan fingerprint density at radius 2 is 1.91 bits per heavy atom. The maximum absolute atomic E-state index is 12.3. The molecule has 2 saturated heterocycles. The van der Waals surface area contributed by atoms with Crippen molar-refractivity contribution in [2.24, 2.45) is 0 Å². The predicted octanol–water partition coefficient (Wildman–Crippen LogP) is 2.09. The Labute approximate surface area is 189 Å². The summed E-state index contributed by atoms with van der Waals surface area (Å²) in [5, 5.41) is 17.0. The van der Waals surface area contributed by atoms with Crippen LogP contribution in [-0.4, -0.2) is 55.2 Å². The summed E-state index contributed by atoms with van der Waals surface area (Å²) in [6.07, 6.45) is -0.914. The minimum atomic E-state index is -0.697. The first-order chi connectivity index (χ1) is 15.5. The van der Waals surface area contributed by atoms with Gasteiger partial charge in [0.05, 0.1) is 31.8 Å². The van der Waals surface area contributed by atoms with E-state index in [1.165, 1.54) is 11.1 Å². The van der Waals surface area contributed by atoms with Crippen molar-refractivity contribution < 1.29 is 24.1 Å². The molecule has 2 aliphatic heterocycles. The molecule has 0 unspecified atom stereocenters. The summed E-state index contributed by atoms with van der Waals surface area (Å²) >= 11 is 0. The zero-order chi connectivity index (χ0) is 22.5. The van der Waals surface area contributed by atoms with Gasteiger partial charge in [-0.15, -0.1) is 0 Å². The van der Waals surface area contributed by atoms with Gasteiger partial charge < -0.3 is 30.0 Å². The average Bonchev–Trinajstić information content (AvgIpc) is 3.32. The van der Waals surface area contributed by atoms with E-state index in [1.807, 2.05) is 36.4 Å². The highest BCUT2D eigenvalue weighted by molar-refractivity contribution is 5.76. The van der Waals surface area contributed by atoms with Crippen LogP contribution in [0.25, 0.3) is 0 Å². The first-order valence-corrected chi connectivity index (χ1v) is 11.2. The molecule has 5 atom stereocenters. The number of methoxy groups -OCH3 is 1. The van der Waals surface area contributed by atoms with E-state index in [0.29, 0.717) is 19.5 Å². The minimum Gasteiger partial charge on any atom is -0.497 e. The Morgan fingerprint density at radius 3 is 2.62 bits per heavy atom. The zero-order valence-corrected chi connectivity index (χ0v) is 18.6. The Hall–Kier alpha value is -2.45. The van der Waals surface area contributed by atoms with Gasteiger partial charge in [-0.1, -0.05) is 36.4 Å². The van der Waals surface area contributed by atoms with Crippen molar-refractivity contribution in [3.05, 3.63) is 65.2 Å². The fourth-order valence-electron chi connectivity index (χ4n) is 4.39. The summed E-state index contributed by atoms with van der Waals surface area (Å²) in [6.45, 7) is 3.82. The van der Waals surface area contributed by atoms with Crippen molar-refractivity contribution >= 4 is 5.91 Å². The molecule has 0 radical (unpaired) electrons. The summed E-state index contributed by atoms with van der Waals surface area (Å²) < 4.78 is 17.2. The number of fused-ring (bicyclic) bond motifs is 1. The molecule has 2 fully saturated rings. The van der Waals surface area contributed by atoms with E-state index >= 15 is 0 Å². The van der Waals surface area contributed by atoms with Gasteiger partial charge in [0.2, 0.25) is 5.91 Å². The van der Waals surface area contributed by atoms with Crippen molar-refractivity contribution in [1.82, 2.24) is 10.6 Å². The number of benzene rings is 2. The van der Waals surface area contributed by atoms with Gasteiger partial charge in [-0.05, 0) is 35.7 Å². The Morgan fingerprint density at radius 1 is 1.12 bits per heavy atom. The Bertz CT molecular complexity index is 903. The predicted molar refractivity (Wildman–Crippen MR) is 120 cm³/mol. The number of hydrogen-bond donors (Lipinski definition) is 3. The number of aryl methyl sites for hydroxylation is 1. The third-order valence-corrected chi connectivity index (χ3v) is 6.26. The number of carbonyl (C=O) groups excluding carboxylic acids is 1. The maximum atomic E-state index is 12.3. The quantitative estimate of drug-likeness (QED) is 0.553. The van der Waals surface area contributed by atoms with Crippen molar-refractivity contribution in [1.29, 1.82) is 0 Å². The fraction of sp³-hybridized carbons (Fsp3) is 0.480. The lowest BCUT2D eigenvalue weighted by atomic mass is 10.1. The second-order valence-electron chi connectivity index (χ2n) is 8.55. The van der Waals surface area contributed by atoms with Crippen molar-refractivity contribution in [2.45, 2.75) is 63.4 Å². The monoisotopic (exact) mass is 440 g/mol. The molecule has 0 saturated carbocycles. The molecule has 0 aromatic heterocycles. The van der Waals surface area contributed by atoms with Gasteiger partial charge in [-0.3, -0.25) is 4.79 Å². The third-order valence-electron chi connectivity index (χ3n) is 6.26. The normalized spacial score (nSPS) is 26.7. The zero-order valence-electron chi connectivity index (χ0n) is 18.6. The fourth-order valence-corrected chi connectivity index (χ4v) is 4.39. The number of hydrogen-bond acceptors (Lipinski definition) is 6. The van der Waals surface area contributed by atoms with Crippen LogP contribution in [0.5, 0.6) is 5.75 Å². The van der Waals surface area contributed by atoms with E-state index < -0.39 is 6.10 Å². The SMILES string of the molecule is COc1ccc(CNC(=O)C[C@@H]2C[C@H]3O[C@H](CNCc4ccccc4C)[C@@H](O)[C@H]3O2)cc1. The number of amides is 1. The van der Waals surface area contributed by atoms with E-state index in [0.717, 1.165) is 17.9 Å². The number of aliphatic hydroxyl groups is 1. The molecule has 0 bridgehead atoms. The number of aliphatic hydroxyl groups excluding tert-OH is 1. The molecule has 7 nitrogen and oxygen atoms in total. The van der Waals surface area contributed by atoms with E-state index in [-0.39, 0.29) is 36.7 Å². The Kier molecular flexibility index (Phi) is 7.42. The molecule has 0 spiro atoms. The van der Waals surface area contributed by atoms with E-state index in [2.05, 4.69) is 29.7 Å². The maximum Gasteiger partial charge on any atom is 0.222 e. The molecule has 0 aliphatic carbocycles. The average molecular weight is 441 g/mol. The number of ether oxygens (including phenoxy) is 3. The highest BCUT2D eigenvalue weighted by Gasteiger charge is 2.50. The van der Waals surface area contributed by atoms with Crippen molar-refractivity contribution in [2.75, 3.05) is 13.7 Å². The third kappa shape index (κ3) is 5.48. The van der Waals surface area contributed by atoms with E-state index in [1.54, 1.807) is 7.11 Å². The molecule has 2 aromatic carbocycles. The second kappa shape index (κ2) is 10.4. The molecule has 7 heteroatoms. The Balaban J connectivity index is 1.18. The first-order valence-electron chi connectivity index (χ1n) is 11.2. The molecular formula is C25H32N2O5. The molecular weight excluding hydrogens is 408 g/mol. The summed E-state index contributed by atoms with van der Waals surface area (Å²) in [4.78, 5) is 12.3. The van der Waals surface area contributed by atoms with Gasteiger partial charge in [-0.25, -0.2) is 0 Å². The van der Waals surface area contributed by atoms with Crippen LogP contribution in [0.2, 0.25) is 0 Å². The van der Waals surface area contributed by atoms with Crippen molar-refractivity contribution in [3.63, 3.8) is 0 Å². The van der Waals surface area contributed by atoms with Crippen LogP contribution in [-0.2, 0) is 27.4 Å². The summed E-state index contributed by atoms with van der Waals surface area (Å²) in [5.74, 6) is 0.713. The molecule has 2 heterocycles. The molecule has 2 aromatic rings. The molecule has 3 N–H and O–H groups in total. The standard InChI is InChI=1S/C25H32N2O5/c1-16-5-3-4-6-18(16)14-26-15-22-24(29)25-21(32-22)11-20(31-25)12-23(28)27-13-17-7-9-19(30-2)10-8-17/h3-10,20-22,24-26,29H,11-15H2,1-2H3,(H,27,28)/t20-,21+,22+,24+,25-/m0/s1. The number of carbonyl (C=O) groups is 1. The van der Waals surface area contributed by atoms with Gasteiger partial charge >= 0.3 is 0 Å². The number of rotatable bonds is 9. The lowest BCUT2D eigenvalue weighted by Gasteiger charge is -2.20. The lowest BCUT2D eigenvalue weighted by molar-refractivity contribution is -0.124. The molecule has 32 heavy (non-hydrogen) atoms. The van der Waals surface area contributed by atoms with Crippen LogP contribution in [0.4, 0.5) is 0 Å². The number of nitrogens with one attached hydrogen (secondary N) is 2. The highest BCUT2D eigenvalue weighted by Crippen LogP contribution is 2.35. The van der Waals surface area contributed by atoms with Gasteiger partial charge in [-0.2, -0.15) is 0 Å².